The average Bonchev–Trinajstić information content (AvgIpc) is 3.78. The molecule has 3 N–H and O–H groups in total. The molecule has 2 aliphatic carbocycles. The number of aromatic nitrogens is 4. The first-order chi connectivity index (χ1) is 18.5. The molecule has 0 bridgehead atoms. The van der Waals surface area contributed by atoms with E-state index < -0.39 is 12.9 Å². The quantitative estimate of drug-likeness (QED) is 0.455. The van der Waals surface area contributed by atoms with Gasteiger partial charge in [0.25, 0.3) is 5.91 Å². The fraction of sp³-hybridized carbons (Fsp3) is 0.440. The summed E-state index contributed by atoms with van der Waals surface area (Å²) in [4.78, 5) is 38.3. The summed E-state index contributed by atoms with van der Waals surface area (Å²) in [5, 5.41) is 17.0. The Balaban J connectivity index is 1.43. The number of carbonyl (C=O) groups is 2. The van der Waals surface area contributed by atoms with E-state index in [-0.39, 0.29) is 35.1 Å². The number of amides is 2. The van der Waals surface area contributed by atoms with Crippen LogP contribution in [0.2, 0.25) is 0 Å². The van der Waals surface area contributed by atoms with Crippen molar-refractivity contribution in [3.8, 4) is 11.3 Å². The van der Waals surface area contributed by atoms with Gasteiger partial charge in [0.2, 0.25) is 5.91 Å². The lowest BCUT2D eigenvalue weighted by Gasteiger charge is -2.34. The second-order valence-electron chi connectivity index (χ2n) is 9.67. The molecule has 2 saturated carbocycles. The summed E-state index contributed by atoms with van der Waals surface area (Å²) in [6.45, 7) is 1.28. The zero-order chi connectivity index (χ0) is 27.6. The molecule has 11 heteroatoms. The highest BCUT2D eigenvalue weighted by molar-refractivity contribution is 7.12. The largest absolute Gasteiger partial charge is 0.363 e. The third-order valence-corrected chi connectivity index (χ3v) is 8.25. The summed E-state index contributed by atoms with van der Waals surface area (Å²) in [5.74, 6) is -0.00898. The summed E-state index contributed by atoms with van der Waals surface area (Å²) in [5.41, 5.74) is 3.36. The van der Waals surface area contributed by atoms with E-state index >= 15 is 0 Å². The van der Waals surface area contributed by atoms with Gasteiger partial charge >= 0.3 is 0 Å². The van der Waals surface area contributed by atoms with E-state index in [1.165, 1.54) is 23.8 Å². The molecule has 0 spiro atoms. The Morgan fingerprint density at radius 2 is 1.97 bits per heavy atom. The van der Waals surface area contributed by atoms with Crippen LogP contribution in [0.5, 0.6) is 0 Å². The van der Waals surface area contributed by atoms with Crippen LogP contribution in [-0.2, 0) is 4.79 Å². The van der Waals surface area contributed by atoms with Gasteiger partial charge in [-0.2, -0.15) is 0 Å². The number of hydrogen-bond acceptors (Lipinski definition) is 9. The van der Waals surface area contributed by atoms with Gasteiger partial charge in [-0.3, -0.25) is 9.59 Å². The van der Waals surface area contributed by atoms with Crippen molar-refractivity contribution >= 4 is 46.2 Å². The molecule has 0 aromatic carbocycles. The van der Waals surface area contributed by atoms with Gasteiger partial charge in [0, 0.05) is 47.3 Å². The monoisotopic (exact) mass is 507 g/mol. The number of fused-ring (bicyclic) bond motifs is 3. The van der Waals surface area contributed by atoms with Gasteiger partial charge in [-0.05, 0) is 45.6 Å². The van der Waals surface area contributed by atoms with E-state index in [4.69, 9.17) is 14.1 Å². The third kappa shape index (κ3) is 3.97. The van der Waals surface area contributed by atoms with Crippen molar-refractivity contribution in [1.29, 1.82) is 0 Å². The van der Waals surface area contributed by atoms with E-state index in [1.807, 2.05) is 25.4 Å². The summed E-state index contributed by atoms with van der Waals surface area (Å²) >= 11 is 1.77. The van der Waals surface area contributed by atoms with Crippen LogP contribution in [-0.4, -0.2) is 46.0 Å². The Hall–Kier alpha value is -3.60. The number of aryl methyl sites for hydroxylation is 1. The van der Waals surface area contributed by atoms with Crippen LogP contribution in [0.1, 0.15) is 74.7 Å². The van der Waals surface area contributed by atoms with E-state index in [9.17, 15) is 9.59 Å². The first-order valence-corrected chi connectivity index (χ1v) is 12.8. The maximum atomic E-state index is 12.9. The number of rotatable bonds is 6. The second-order valence-corrected chi connectivity index (χ2v) is 10.7. The fourth-order valence-corrected chi connectivity index (χ4v) is 5.81. The van der Waals surface area contributed by atoms with Crippen LogP contribution in [0.15, 0.2) is 12.1 Å². The Morgan fingerprint density at radius 3 is 2.69 bits per heavy atom. The molecular weight excluding hydrogens is 476 g/mol. The Labute approximate surface area is 217 Å². The number of carbonyl (C=O) groups excluding carboxylic acids is 2. The van der Waals surface area contributed by atoms with Crippen LogP contribution in [0.25, 0.3) is 11.3 Å². The molecule has 2 fully saturated rings. The molecule has 4 heterocycles. The summed E-state index contributed by atoms with van der Waals surface area (Å²) in [6.07, 6.45) is 3.96. The van der Waals surface area contributed by atoms with Crippen LogP contribution in [0.3, 0.4) is 0 Å². The lowest BCUT2D eigenvalue weighted by molar-refractivity contribution is -0.117. The van der Waals surface area contributed by atoms with Gasteiger partial charge in [0.05, 0.1) is 33.0 Å². The lowest BCUT2D eigenvalue weighted by atomic mass is 9.99. The Morgan fingerprint density at radius 1 is 1.17 bits per heavy atom. The van der Waals surface area contributed by atoms with Crippen LogP contribution in [0, 0.1) is 12.8 Å². The molecule has 186 valence electrons. The minimum absolute atomic E-state index is 0.0461. The maximum absolute atomic E-state index is 12.9. The average molecular weight is 508 g/mol. The zero-order valence-electron chi connectivity index (χ0n) is 23.2. The molecule has 3 aromatic heterocycles. The first-order valence-electron chi connectivity index (χ1n) is 13.5. The van der Waals surface area contributed by atoms with E-state index in [0.29, 0.717) is 11.7 Å². The van der Waals surface area contributed by atoms with Gasteiger partial charge in [-0.1, -0.05) is 0 Å². The first kappa shape index (κ1) is 19.6. The van der Waals surface area contributed by atoms with Crippen molar-refractivity contribution in [2.75, 3.05) is 29.6 Å². The Kier molecular flexibility index (Phi) is 4.63. The van der Waals surface area contributed by atoms with Crippen molar-refractivity contribution in [3.05, 3.63) is 33.4 Å². The highest BCUT2D eigenvalue weighted by Gasteiger charge is 2.36. The van der Waals surface area contributed by atoms with Crippen LogP contribution < -0.4 is 20.9 Å². The molecule has 3 aromatic rings. The highest BCUT2D eigenvalue weighted by Crippen LogP contribution is 2.52. The predicted molar refractivity (Wildman–Crippen MR) is 139 cm³/mol. The van der Waals surface area contributed by atoms with Gasteiger partial charge in [-0.25, -0.2) is 9.97 Å². The van der Waals surface area contributed by atoms with Crippen molar-refractivity contribution in [3.63, 3.8) is 0 Å². The minimum Gasteiger partial charge on any atom is -0.363 e. The molecule has 0 unspecified atom stereocenters. The van der Waals surface area contributed by atoms with Gasteiger partial charge in [-0.15, -0.1) is 21.5 Å². The number of nitrogens with zero attached hydrogens (tertiary/aromatic N) is 5. The predicted octanol–water partition coefficient (Wildman–Crippen LogP) is 4.14. The molecule has 2 amide bonds. The number of hydrogen-bond donors (Lipinski definition) is 3. The molecular formula is C25H28N8O2S. The highest BCUT2D eigenvalue weighted by atomic mass is 32.1. The van der Waals surface area contributed by atoms with Crippen LogP contribution in [0.4, 0.5) is 23.0 Å². The van der Waals surface area contributed by atoms with E-state index in [0.717, 1.165) is 40.5 Å². The standard InChI is InChI=1S/C25H28N8O2S/c1-11-9-15-18-21(36-25(30-18)14-7-8-14)12(2)33(4)20(15)22(27-11)28-16-10-17(29-23(34)13-5-6-13)31-32-19(16)24(35)26-3/h9-10,12-14H,5-8H2,1-4H3,(H,26,35)(H2,27,28,29,31,34)/t12-/m1/s1/i3D3. The van der Waals surface area contributed by atoms with Gasteiger partial charge in [0.1, 0.15) is 0 Å². The SMILES string of the molecule is [2H]C([2H])([2H])NC(=O)c1nnc(NC(=O)C2CC2)cc1Nc1nc(C)cc2c1N(C)[C@H](C)c1sc(C3CC3)nc1-2. The molecule has 36 heavy (non-hydrogen) atoms. The zero-order valence-corrected chi connectivity index (χ0v) is 21.0. The van der Waals surface area contributed by atoms with E-state index in [1.54, 1.807) is 11.3 Å². The summed E-state index contributed by atoms with van der Waals surface area (Å²) < 4.78 is 22.3. The topological polar surface area (TPSA) is 125 Å². The normalized spacial score (nSPS) is 19.9. The smallest absolute Gasteiger partial charge is 0.273 e. The van der Waals surface area contributed by atoms with Crippen molar-refractivity contribution < 1.29 is 13.7 Å². The molecule has 1 aliphatic heterocycles. The number of thiazole rings is 1. The number of pyridine rings is 1. The van der Waals surface area contributed by atoms with Crippen molar-refractivity contribution in [2.45, 2.75) is 51.5 Å². The van der Waals surface area contributed by atoms with E-state index in [2.05, 4.69) is 32.7 Å². The molecule has 0 radical (unpaired) electrons. The van der Waals surface area contributed by atoms with Crippen molar-refractivity contribution in [1.82, 2.24) is 25.5 Å². The fourth-order valence-electron chi connectivity index (χ4n) is 4.47. The second kappa shape index (κ2) is 8.51. The van der Waals surface area contributed by atoms with Gasteiger partial charge in [0.15, 0.2) is 17.3 Å². The minimum atomic E-state index is -2.72. The molecule has 10 nitrogen and oxygen atoms in total. The number of nitrogens with one attached hydrogen (secondary N) is 3. The third-order valence-electron chi connectivity index (χ3n) is 6.86. The van der Waals surface area contributed by atoms with Crippen LogP contribution >= 0.6 is 11.3 Å². The number of anilines is 4. The van der Waals surface area contributed by atoms with Gasteiger partial charge < -0.3 is 20.9 Å². The summed E-state index contributed by atoms with van der Waals surface area (Å²) in [6, 6.07) is 3.53. The van der Waals surface area contributed by atoms with Crippen molar-refractivity contribution in [2.24, 2.45) is 5.92 Å². The lowest BCUT2D eigenvalue weighted by Crippen LogP contribution is -2.27. The summed E-state index contributed by atoms with van der Waals surface area (Å²) in [7, 11) is 1.99. The molecule has 6 rings (SSSR count). The Bertz CT molecular complexity index is 1500. The molecule has 3 aliphatic rings. The molecule has 0 saturated heterocycles. The maximum Gasteiger partial charge on any atom is 0.273 e. The molecule has 1 atom stereocenters.